The molecule has 1 fully saturated rings. The zero-order valence-electron chi connectivity index (χ0n) is 12.5. The standard InChI is InChI=1S/C16H17N3O3S/c20-14(7-6-12-4-1-2-8-17-12)18-10-13-11-19(16(21)22-13)15-5-3-9-23-15/h1-5,8-9,13H,6-7,10-11H2,(H,18,20). The van der Waals surface area contributed by atoms with Crippen molar-refractivity contribution in [3.63, 3.8) is 0 Å². The van der Waals surface area contributed by atoms with Gasteiger partial charge in [-0.3, -0.25) is 14.7 Å². The molecule has 1 aliphatic rings. The van der Waals surface area contributed by atoms with E-state index in [0.717, 1.165) is 10.7 Å². The fraction of sp³-hybridized carbons (Fsp3) is 0.312. The van der Waals surface area contributed by atoms with Crippen molar-refractivity contribution >= 4 is 28.3 Å². The first kappa shape index (κ1) is 15.5. The summed E-state index contributed by atoms with van der Waals surface area (Å²) in [7, 11) is 0. The van der Waals surface area contributed by atoms with Gasteiger partial charge in [0.1, 0.15) is 11.1 Å². The summed E-state index contributed by atoms with van der Waals surface area (Å²) in [6.07, 6.45) is 2.00. The van der Waals surface area contributed by atoms with Gasteiger partial charge in [0.25, 0.3) is 0 Å². The van der Waals surface area contributed by atoms with E-state index in [9.17, 15) is 9.59 Å². The van der Waals surface area contributed by atoms with E-state index in [4.69, 9.17) is 4.74 Å². The fourth-order valence-electron chi connectivity index (χ4n) is 2.33. The third-order valence-corrected chi connectivity index (χ3v) is 4.40. The predicted molar refractivity (Wildman–Crippen MR) is 87.5 cm³/mol. The zero-order chi connectivity index (χ0) is 16.1. The first-order valence-corrected chi connectivity index (χ1v) is 8.28. The van der Waals surface area contributed by atoms with E-state index < -0.39 is 0 Å². The number of nitrogens with zero attached hydrogens (tertiary/aromatic N) is 2. The topological polar surface area (TPSA) is 71.5 Å². The van der Waals surface area contributed by atoms with Gasteiger partial charge < -0.3 is 10.1 Å². The van der Waals surface area contributed by atoms with Gasteiger partial charge in [0.05, 0.1) is 13.1 Å². The Balaban J connectivity index is 1.42. The number of thiophene rings is 1. The van der Waals surface area contributed by atoms with E-state index in [1.54, 1.807) is 11.1 Å². The van der Waals surface area contributed by atoms with Crippen LogP contribution in [0.15, 0.2) is 41.9 Å². The van der Waals surface area contributed by atoms with E-state index in [1.165, 1.54) is 11.3 Å². The lowest BCUT2D eigenvalue weighted by molar-refractivity contribution is -0.121. The lowest BCUT2D eigenvalue weighted by Gasteiger charge is -2.10. The molecule has 1 aliphatic heterocycles. The average Bonchev–Trinajstić information content (AvgIpc) is 3.21. The van der Waals surface area contributed by atoms with Gasteiger partial charge in [-0.25, -0.2) is 4.79 Å². The Kier molecular flexibility index (Phi) is 4.87. The van der Waals surface area contributed by atoms with Crippen LogP contribution >= 0.6 is 11.3 Å². The lowest BCUT2D eigenvalue weighted by Crippen LogP contribution is -2.34. The number of anilines is 1. The molecule has 3 heterocycles. The van der Waals surface area contributed by atoms with Crippen molar-refractivity contribution in [1.82, 2.24) is 10.3 Å². The number of aryl methyl sites for hydroxylation is 1. The molecule has 1 N–H and O–H groups in total. The number of rotatable bonds is 6. The van der Waals surface area contributed by atoms with Crippen LogP contribution in [0.5, 0.6) is 0 Å². The number of nitrogens with one attached hydrogen (secondary N) is 1. The van der Waals surface area contributed by atoms with Crippen LogP contribution in [0.1, 0.15) is 12.1 Å². The van der Waals surface area contributed by atoms with Crippen molar-refractivity contribution in [2.45, 2.75) is 18.9 Å². The summed E-state index contributed by atoms with van der Waals surface area (Å²) in [4.78, 5) is 29.5. The summed E-state index contributed by atoms with van der Waals surface area (Å²) in [6, 6.07) is 9.40. The number of cyclic esters (lactones) is 1. The van der Waals surface area contributed by atoms with E-state index in [2.05, 4.69) is 10.3 Å². The van der Waals surface area contributed by atoms with Crippen LogP contribution in [0.25, 0.3) is 0 Å². The second-order valence-corrected chi connectivity index (χ2v) is 6.12. The van der Waals surface area contributed by atoms with Crippen LogP contribution in [-0.4, -0.2) is 36.2 Å². The molecular formula is C16H17N3O3S. The molecule has 2 amide bonds. The highest BCUT2D eigenvalue weighted by Crippen LogP contribution is 2.26. The van der Waals surface area contributed by atoms with Gasteiger partial charge in [0.15, 0.2) is 0 Å². The molecule has 7 heteroatoms. The molecule has 1 atom stereocenters. The van der Waals surface area contributed by atoms with Crippen molar-refractivity contribution < 1.29 is 14.3 Å². The maximum Gasteiger partial charge on any atom is 0.415 e. The van der Waals surface area contributed by atoms with E-state index in [1.807, 2.05) is 35.7 Å². The smallest absolute Gasteiger partial charge is 0.415 e. The molecule has 0 bridgehead atoms. The molecule has 0 aromatic carbocycles. The zero-order valence-corrected chi connectivity index (χ0v) is 13.3. The minimum atomic E-state index is -0.361. The molecular weight excluding hydrogens is 314 g/mol. The van der Waals surface area contributed by atoms with E-state index >= 15 is 0 Å². The molecule has 0 spiro atoms. The molecule has 2 aromatic heterocycles. The molecule has 3 rings (SSSR count). The van der Waals surface area contributed by atoms with Crippen LogP contribution in [0.2, 0.25) is 0 Å². The fourth-order valence-corrected chi connectivity index (χ4v) is 3.06. The SMILES string of the molecule is O=C(CCc1ccccn1)NCC1CN(c2cccs2)C(=O)O1. The van der Waals surface area contributed by atoms with Gasteiger partial charge >= 0.3 is 6.09 Å². The van der Waals surface area contributed by atoms with Gasteiger partial charge in [-0.15, -0.1) is 11.3 Å². The molecule has 120 valence electrons. The normalized spacial score (nSPS) is 17.1. The second kappa shape index (κ2) is 7.23. The average molecular weight is 331 g/mol. The molecule has 0 aliphatic carbocycles. The third-order valence-electron chi connectivity index (χ3n) is 3.51. The number of amides is 2. The van der Waals surface area contributed by atoms with Crippen LogP contribution < -0.4 is 10.2 Å². The van der Waals surface area contributed by atoms with Gasteiger partial charge in [0.2, 0.25) is 5.91 Å². The molecule has 23 heavy (non-hydrogen) atoms. The summed E-state index contributed by atoms with van der Waals surface area (Å²) in [5, 5.41) is 5.59. The Bertz CT molecular complexity index is 660. The summed E-state index contributed by atoms with van der Waals surface area (Å²) >= 11 is 1.49. The van der Waals surface area contributed by atoms with Crippen LogP contribution in [0, 0.1) is 0 Å². The molecule has 1 unspecified atom stereocenters. The minimum Gasteiger partial charge on any atom is -0.442 e. The molecule has 6 nitrogen and oxygen atoms in total. The number of ether oxygens (including phenoxy) is 1. The van der Waals surface area contributed by atoms with Crippen LogP contribution in [-0.2, 0) is 16.0 Å². The maximum atomic E-state index is 11.9. The summed E-state index contributed by atoms with van der Waals surface area (Å²) in [5.41, 5.74) is 0.888. The summed E-state index contributed by atoms with van der Waals surface area (Å²) in [6.45, 7) is 0.786. The Morgan fingerprint density at radius 1 is 1.39 bits per heavy atom. The van der Waals surface area contributed by atoms with Crippen LogP contribution in [0.4, 0.5) is 9.80 Å². The number of aromatic nitrogens is 1. The highest BCUT2D eigenvalue weighted by Gasteiger charge is 2.32. The Labute approximate surface area is 138 Å². The van der Waals surface area contributed by atoms with Gasteiger partial charge in [-0.2, -0.15) is 0 Å². The van der Waals surface area contributed by atoms with Gasteiger partial charge in [-0.1, -0.05) is 6.07 Å². The van der Waals surface area contributed by atoms with Crippen LogP contribution in [0.3, 0.4) is 0 Å². The molecule has 1 saturated heterocycles. The van der Waals surface area contributed by atoms with Crippen molar-refractivity contribution in [3.05, 3.63) is 47.6 Å². The number of hydrogen-bond donors (Lipinski definition) is 1. The Morgan fingerprint density at radius 2 is 2.30 bits per heavy atom. The summed E-state index contributed by atoms with van der Waals surface area (Å²) < 4.78 is 5.28. The lowest BCUT2D eigenvalue weighted by atomic mass is 10.2. The van der Waals surface area contributed by atoms with E-state index in [-0.39, 0.29) is 18.1 Å². The largest absolute Gasteiger partial charge is 0.442 e. The molecule has 2 aromatic rings. The monoisotopic (exact) mass is 331 g/mol. The highest BCUT2D eigenvalue weighted by atomic mass is 32.1. The number of pyridine rings is 1. The Hall–Kier alpha value is -2.41. The second-order valence-electron chi connectivity index (χ2n) is 5.19. The van der Waals surface area contributed by atoms with Gasteiger partial charge in [-0.05, 0) is 36.1 Å². The summed E-state index contributed by atoms with van der Waals surface area (Å²) in [5.74, 6) is -0.0683. The Morgan fingerprint density at radius 3 is 3.04 bits per heavy atom. The maximum absolute atomic E-state index is 11.9. The van der Waals surface area contributed by atoms with Crippen molar-refractivity contribution in [2.75, 3.05) is 18.0 Å². The predicted octanol–water partition coefficient (Wildman–Crippen LogP) is 2.22. The first-order chi connectivity index (χ1) is 11.2. The quantitative estimate of drug-likeness (QED) is 0.881. The van der Waals surface area contributed by atoms with Crippen molar-refractivity contribution in [1.29, 1.82) is 0 Å². The number of hydrogen-bond acceptors (Lipinski definition) is 5. The van der Waals surface area contributed by atoms with Gasteiger partial charge in [0, 0.05) is 18.3 Å². The van der Waals surface area contributed by atoms with Crippen molar-refractivity contribution in [2.24, 2.45) is 0 Å². The minimum absolute atomic E-state index is 0.0683. The highest BCUT2D eigenvalue weighted by molar-refractivity contribution is 7.14. The first-order valence-electron chi connectivity index (χ1n) is 7.40. The number of carbonyl (C=O) groups is 2. The van der Waals surface area contributed by atoms with E-state index in [0.29, 0.717) is 25.9 Å². The molecule has 0 radical (unpaired) electrons. The third kappa shape index (κ3) is 4.07. The number of carbonyl (C=O) groups excluding carboxylic acids is 2. The van der Waals surface area contributed by atoms with Crippen molar-refractivity contribution in [3.8, 4) is 0 Å². The molecule has 0 saturated carbocycles.